The topological polar surface area (TPSA) is 54.5 Å². The van der Waals surface area contributed by atoms with Gasteiger partial charge in [0.1, 0.15) is 11.6 Å². The number of amides is 1. The van der Waals surface area contributed by atoms with Crippen LogP contribution in [0.15, 0.2) is 42.6 Å². The molecule has 1 aromatic heterocycles. The van der Waals surface area contributed by atoms with Gasteiger partial charge in [-0.25, -0.2) is 4.98 Å². The van der Waals surface area contributed by atoms with Crippen LogP contribution in [0, 0.1) is 0 Å². The van der Waals surface area contributed by atoms with Crippen molar-refractivity contribution in [1.29, 1.82) is 0 Å². The number of hydrogen-bond acceptors (Lipinski definition) is 4. The van der Waals surface area contributed by atoms with E-state index in [0.717, 1.165) is 43.1 Å². The predicted octanol–water partition coefficient (Wildman–Crippen LogP) is 3.27. The third kappa shape index (κ3) is 3.65. The lowest BCUT2D eigenvalue weighted by Gasteiger charge is -2.16. The van der Waals surface area contributed by atoms with Gasteiger partial charge in [0.15, 0.2) is 0 Å². The Morgan fingerprint density at radius 2 is 2.08 bits per heavy atom. The molecule has 0 atom stereocenters. The van der Waals surface area contributed by atoms with Gasteiger partial charge in [-0.15, -0.1) is 0 Å². The number of carbonyl (C=O) groups is 1. The van der Waals surface area contributed by atoms with Crippen molar-refractivity contribution >= 4 is 23.5 Å². The molecule has 3 heterocycles. The highest BCUT2D eigenvalue weighted by atomic mass is 16.5. The van der Waals surface area contributed by atoms with E-state index in [1.807, 2.05) is 36.5 Å². The van der Waals surface area contributed by atoms with Gasteiger partial charge in [0.25, 0.3) is 0 Å². The smallest absolute Gasteiger partial charge is 0.249 e. The van der Waals surface area contributed by atoms with Gasteiger partial charge in [-0.3, -0.25) is 4.79 Å². The van der Waals surface area contributed by atoms with E-state index in [1.165, 1.54) is 24.5 Å². The van der Waals surface area contributed by atoms with E-state index < -0.39 is 0 Å². The first-order valence-electron chi connectivity index (χ1n) is 8.74. The fourth-order valence-corrected chi connectivity index (χ4v) is 3.27. The molecular weight excluding hydrogens is 314 g/mol. The lowest BCUT2D eigenvalue weighted by molar-refractivity contribution is -0.111. The number of rotatable bonds is 4. The van der Waals surface area contributed by atoms with E-state index in [1.54, 1.807) is 0 Å². The van der Waals surface area contributed by atoms with Gasteiger partial charge in [0.2, 0.25) is 5.91 Å². The van der Waals surface area contributed by atoms with Crippen molar-refractivity contribution in [2.45, 2.75) is 19.3 Å². The normalized spacial score (nSPS) is 16.1. The number of carbonyl (C=O) groups excluding carboxylic acids is 1. The number of benzene rings is 1. The molecule has 5 nitrogen and oxygen atoms in total. The number of anilines is 2. The Hall–Kier alpha value is -2.82. The summed E-state index contributed by atoms with van der Waals surface area (Å²) in [5, 5.41) is 2.80. The van der Waals surface area contributed by atoms with E-state index in [9.17, 15) is 4.79 Å². The third-order valence-electron chi connectivity index (χ3n) is 4.61. The minimum absolute atomic E-state index is 0.182. The summed E-state index contributed by atoms with van der Waals surface area (Å²) in [6.45, 7) is 2.91. The summed E-state index contributed by atoms with van der Waals surface area (Å²) in [6.07, 6.45) is 8.57. The molecule has 0 radical (unpaired) electrons. The Bertz CT molecular complexity index is 793. The van der Waals surface area contributed by atoms with Crippen LogP contribution in [0.25, 0.3) is 6.08 Å². The largest absolute Gasteiger partial charge is 0.493 e. The summed E-state index contributed by atoms with van der Waals surface area (Å²) in [6, 6.07) is 9.84. The number of nitrogens with zero attached hydrogens (tertiary/aromatic N) is 2. The molecule has 2 aliphatic rings. The molecule has 0 unspecified atom stereocenters. The summed E-state index contributed by atoms with van der Waals surface area (Å²) in [5.74, 6) is 1.34. The van der Waals surface area contributed by atoms with Crippen molar-refractivity contribution in [3.8, 4) is 5.75 Å². The maximum absolute atomic E-state index is 12.1. The van der Waals surface area contributed by atoms with E-state index >= 15 is 0 Å². The molecule has 1 aromatic carbocycles. The van der Waals surface area contributed by atoms with Gasteiger partial charge < -0.3 is 15.0 Å². The minimum Gasteiger partial charge on any atom is -0.493 e. The fraction of sp³-hybridized carbons (Fsp3) is 0.300. The second-order valence-corrected chi connectivity index (χ2v) is 6.38. The lowest BCUT2D eigenvalue weighted by atomic mass is 10.1. The van der Waals surface area contributed by atoms with Gasteiger partial charge in [-0.1, -0.05) is 6.07 Å². The van der Waals surface area contributed by atoms with Crippen LogP contribution in [0.5, 0.6) is 5.75 Å². The molecule has 25 heavy (non-hydrogen) atoms. The monoisotopic (exact) mass is 335 g/mol. The second kappa shape index (κ2) is 6.97. The molecule has 0 saturated carbocycles. The molecule has 2 aromatic rings. The molecule has 4 rings (SSSR count). The number of nitrogens with one attached hydrogen (secondary N) is 1. The van der Waals surface area contributed by atoms with E-state index in [-0.39, 0.29) is 5.91 Å². The lowest BCUT2D eigenvalue weighted by Crippen LogP contribution is -2.18. The van der Waals surface area contributed by atoms with Gasteiger partial charge in [-0.2, -0.15) is 0 Å². The number of pyridine rings is 1. The van der Waals surface area contributed by atoms with Crippen LogP contribution in [0.1, 0.15) is 24.0 Å². The van der Waals surface area contributed by atoms with Gasteiger partial charge >= 0.3 is 0 Å². The first-order chi connectivity index (χ1) is 12.3. The summed E-state index contributed by atoms with van der Waals surface area (Å²) < 4.78 is 5.49. The molecule has 1 saturated heterocycles. The highest BCUT2D eigenvalue weighted by Crippen LogP contribution is 2.26. The molecule has 0 bridgehead atoms. The Labute approximate surface area is 147 Å². The van der Waals surface area contributed by atoms with Crippen LogP contribution < -0.4 is 15.0 Å². The summed E-state index contributed by atoms with van der Waals surface area (Å²) in [7, 11) is 0. The highest BCUT2D eigenvalue weighted by molar-refractivity contribution is 6.01. The number of fused-ring (bicyclic) bond motifs is 1. The Balaban J connectivity index is 1.36. The van der Waals surface area contributed by atoms with Crippen LogP contribution in [0.4, 0.5) is 11.5 Å². The standard InChI is InChI=1S/C20H21N3O2/c24-20(8-4-15-3-6-18-16(13-15)9-12-25-18)22-19-7-5-17(14-21-19)23-10-1-2-11-23/h3-8,13-14H,1-2,9-12H2,(H,21,22,24)/b8-4+. The van der Waals surface area contributed by atoms with Crippen LogP contribution in [-0.4, -0.2) is 30.6 Å². The van der Waals surface area contributed by atoms with Gasteiger partial charge in [0, 0.05) is 25.6 Å². The van der Waals surface area contributed by atoms with E-state index in [2.05, 4.69) is 21.3 Å². The molecule has 5 heteroatoms. The first-order valence-corrected chi connectivity index (χ1v) is 8.74. The maximum atomic E-state index is 12.1. The highest BCUT2D eigenvalue weighted by Gasteiger charge is 2.13. The molecule has 0 spiro atoms. The maximum Gasteiger partial charge on any atom is 0.249 e. The average Bonchev–Trinajstić information content (AvgIpc) is 3.32. The molecule has 1 amide bonds. The van der Waals surface area contributed by atoms with Crippen molar-refractivity contribution < 1.29 is 9.53 Å². The van der Waals surface area contributed by atoms with Crippen molar-refractivity contribution in [2.75, 3.05) is 29.9 Å². The van der Waals surface area contributed by atoms with Gasteiger partial charge in [-0.05, 0) is 54.3 Å². The number of ether oxygens (including phenoxy) is 1. The summed E-state index contributed by atoms with van der Waals surface area (Å²) in [4.78, 5) is 18.7. The van der Waals surface area contributed by atoms with Crippen LogP contribution >= 0.6 is 0 Å². The summed E-state index contributed by atoms with van der Waals surface area (Å²) in [5.41, 5.74) is 3.31. The van der Waals surface area contributed by atoms with E-state index in [4.69, 9.17) is 4.74 Å². The van der Waals surface area contributed by atoms with Crippen LogP contribution in [-0.2, 0) is 11.2 Å². The van der Waals surface area contributed by atoms with Crippen molar-refractivity contribution in [3.63, 3.8) is 0 Å². The molecule has 1 N–H and O–H groups in total. The van der Waals surface area contributed by atoms with E-state index in [0.29, 0.717) is 5.82 Å². The zero-order chi connectivity index (χ0) is 17.1. The third-order valence-corrected chi connectivity index (χ3v) is 4.61. The predicted molar refractivity (Wildman–Crippen MR) is 99.0 cm³/mol. The number of aromatic nitrogens is 1. The fourth-order valence-electron chi connectivity index (χ4n) is 3.27. The quantitative estimate of drug-likeness (QED) is 0.871. The first kappa shape index (κ1) is 15.7. The average molecular weight is 335 g/mol. The molecule has 128 valence electrons. The van der Waals surface area contributed by atoms with Crippen molar-refractivity contribution in [3.05, 3.63) is 53.7 Å². The molecule has 1 fully saturated rings. The van der Waals surface area contributed by atoms with Crippen molar-refractivity contribution in [1.82, 2.24) is 4.98 Å². The molecule has 2 aliphatic heterocycles. The Morgan fingerprint density at radius 3 is 2.88 bits per heavy atom. The Morgan fingerprint density at radius 1 is 1.20 bits per heavy atom. The van der Waals surface area contributed by atoms with Crippen LogP contribution in [0.2, 0.25) is 0 Å². The molecular formula is C20H21N3O2. The SMILES string of the molecule is O=C(/C=C/c1ccc2c(c1)CCO2)Nc1ccc(N2CCCC2)cn1. The van der Waals surface area contributed by atoms with Gasteiger partial charge in [0.05, 0.1) is 18.5 Å². The van der Waals surface area contributed by atoms with Crippen molar-refractivity contribution in [2.24, 2.45) is 0 Å². The summed E-state index contributed by atoms with van der Waals surface area (Å²) >= 11 is 0. The zero-order valence-corrected chi connectivity index (χ0v) is 14.1. The number of hydrogen-bond donors (Lipinski definition) is 1. The molecule has 0 aliphatic carbocycles. The zero-order valence-electron chi connectivity index (χ0n) is 14.1. The Kier molecular flexibility index (Phi) is 4.37. The second-order valence-electron chi connectivity index (χ2n) is 6.38. The van der Waals surface area contributed by atoms with Crippen LogP contribution in [0.3, 0.4) is 0 Å². The minimum atomic E-state index is -0.182.